The van der Waals surface area contributed by atoms with E-state index in [4.69, 9.17) is 9.47 Å². The second-order valence-corrected chi connectivity index (χ2v) is 6.42. The summed E-state index contributed by atoms with van der Waals surface area (Å²) in [5.41, 5.74) is -0.595. The third-order valence-electron chi connectivity index (χ3n) is 4.58. The topological polar surface area (TPSA) is 109 Å². The molecule has 1 fully saturated rings. The van der Waals surface area contributed by atoms with Crippen molar-refractivity contribution in [3.05, 3.63) is 56.2 Å². The van der Waals surface area contributed by atoms with E-state index in [0.29, 0.717) is 25.5 Å². The van der Waals surface area contributed by atoms with E-state index in [-0.39, 0.29) is 12.1 Å². The Balaban J connectivity index is 1.74. The summed E-state index contributed by atoms with van der Waals surface area (Å²) in [5, 5.41) is 10.5. The molecule has 0 saturated carbocycles. The molecule has 1 saturated heterocycles. The number of rotatable bonds is 7. The molecule has 150 valence electrons. The predicted molar refractivity (Wildman–Crippen MR) is 105 cm³/mol. The summed E-state index contributed by atoms with van der Waals surface area (Å²) in [6.45, 7) is 4.46. The zero-order chi connectivity index (χ0) is 19.9. The second kappa shape index (κ2) is 9.34. The van der Waals surface area contributed by atoms with Gasteiger partial charge in [-0.15, -0.1) is 0 Å². The highest BCUT2D eigenvalue weighted by Gasteiger charge is 2.13. The Labute approximate surface area is 161 Å². The fourth-order valence-electron chi connectivity index (χ4n) is 2.93. The van der Waals surface area contributed by atoms with Crippen LogP contribution < -0.4 is 16.0 Å². The minimum Gasteiger partial charge on any atom is -0.497 e. The molecule has 2 heterocycles. The molecule has 3 rings (SSSR count). The number of methoxy groups -OCH3 is 1. The summed E-state index contributed by atoms with van der Waals surface area (Å²) in [5.74, 6) is 0.287. The van der Waals surface area contributed by atoms with E-state index >= 15 is 0 Å². The van der Waals surface area contributed by atoms with Crippen molar-refractivity contribution >= 4 is 6.21 Å². The van der Waals surface area contributed by atoms with Gasteiger partial charge in [-0.1, -0.05) is 12.1 Å². The number of hydrogen-bond donors (Lipinski definition) is 2. The van der Waals surface area contributed by atoms with Crippen LogP contribution in [0.25, 0.3) is 0 Å². The highest BCUT2D eigenvalue weighted by Crippen LogP contribution is 2.14. The molecule has 0 radical (unpaired) electrons. The van der Waals surface area contributed by atoms with Crippen LogP contribution in [-0.2, 0) is 11.3 Å². The molecule has 0 unspecified atom stereocenters. The fraction of sp³-hybridized carbons (Fsp3) is 0.421. The van der Waals surface area contributed by atoms with E-state index in [1.807, 2.05) is 0 Å². The van der Waals surface area contributed by atoms with Gasteiger partial charge in [0.25, 0.3) is 5.56 Å². The Morgan fingerprint density at radius 2 is 1.96 bits per heavy atom. The van der Waals surface area contributed by atoms with Crippen LogP contribution in [0, 0.1) is 0 Å². The Morgan fingerprint density at radius 3 is 2.64 bits per heavy atom. The zero-order valence-corrected chi connectivity index (χ0v) is 15.8. The number of ether oxygens (including phenoxy) is 2. The van der Waals surface area contributed by atoms with Crippen molar-refractivity contribution in [2.45, 2.75) is 6.54 Å². The maximum atomic E-state index is 12.1. The highest BCUT2D eigenvalue weighted by molar-refractivity contribution is 5.81. The Kier molecular flexibility index (Phi) is 6.62. The van der Waals surface area contributed by atoms with E-state index < -0.39 is 17.1 Å². The molecule has 9 heteroatoms. The highest BCUT2D eigenvalue weighted by atomic mass is 16.5. The number of aromatic hydroxyl groups is 1. The van der Waals surface area contributed by atoms with Crippen LogP contribution in [0.3, 0.4) is 0 Å². The van der Waals surface area contributed by atoms with Crippen LogP contribution in [0.1, 0.15) is 11.1 Å². The van der Waals surface area contributed by atoms with Crippen molar-refractivity contribution in [2.75, 3.05) is 46.5 Å². The maximum absolute atomic E-state index is 12.1. The van der Waals surface area contributed by atoms with Crippen molar-refractivity contribution in [3.8, 4) is 11.6 Å². The standard InChI is InChI=1S/C19H24N4O5/c1-27-15-4-2-14(3-5-15)13-23-18(25)16(17(24)21-19(23)26)12-20-6-7-22-8-10-28-11-9-22/h2-5,12,25H,6-11,13H2,1H3,(H,21,24,26). The molecule has 0 bridgehead atoms. The van der Waals surface area contributed by atoms with Crippen LogP contribution in [0.2, 0.25) is 0 Å². The van der Waals surface area contributed by atoms with Crippen molar-refractivity contribution in [2.24, 2.45) is 4.99 Å². The minimum absolute atomic E-state index is 0.0323. The predicted octanol–water partition coefficient (Wildman–Crippen LogP) is 0.0502. The smallest absolute Gasteiger partial charge is 0.331 e. The summed E-state index contributed by atoms with van der Waals surface area (Å²) in [6, 6.07) is 7.09. The summed E-state index contributed by atoms with van der Waals surface area (Å²) >= 11 is 0. The van der Waals surface area contributed by atoms with Gasteiger partial charge in [0.1, 0.15) is 11.3 Å². The molecule has 0 spiro atoms. The van der Waals surface area contributed by atoms with Gasteiger partial charge in [0.15, 0.2) is 0 Å². The van der Waals surface area contributed by atoms with Gasteiger partial charge in [-0.05, 0) is 17.7 Å². The van der Waals surface area contributed by atoms with Crippen LogP contribution in [0.4, 0.5) is 0 Å². The number of hydrogen-bond acceptors (Lipinski definition) is 7. The average Bonchev–Trinajstić information content (AvgIpc) is 2.71. The third-order valence-corrected chi connectivity index (χ3v) is 4.58. The van der Waals surface area contributed by atoms with E-state index in [0.717, 1.165) is 29.8 Å². The van der Waals surface area contributed by atoms with Gasteiger partial charge >= 0.3 is 5.69 Å². The number of benzene rings is 1. The lowest BCUT2D eigenvalue weighted by Crippen LogP contribution is -2.37. The molecule has 28 heavy (non-hydrogen) atoms. The number of H-pyrrole nitrogens is 1. The largest absolute Gasteiger partial charge is 0.497 e. The lowest BCUT2D eigenvalue weighted by atomic mass is 10.2. The Morgan fingerprint density at radius 1 is 1.25 bits per heavy atom. The zero-order valence-electron chi connectivity index (χ0n) is 15.8. The molecule has 0 amide bonds. The Bertz CT molecular complexity index is 927. The summed E-state index contributed by atoms with van der Waals surface area (Å²) in [6.07, 6.45) is 1.32. The van der Waals surface area contributed by atoms with Crippen LogP contribution >= 0.6 is 0 Å². The second-order valence-electron chi connectivity index (χ2n) is 6.42. The number of aliphatic imine (C=N–C) groups is 1. The van der Waals surface area contributed by atoms with Gasteiger partial charge < -0.3 is 14.6 Å². The number of aromatic amines is 1. The van der Waals surface area contributed by atoms with Gasteiger partial charge in [0.05, 0.1) is 33.4 Å². The van der Waals surface area contributed by atoms with Gasteiger partial charge in [0.2, 0.25) is 5.88 Å². The average molecular weight is 388 g/mol. The molecule has 1 aliphatic heterocycles. The van der Waals surface area contributed by atoms with E-state index in [2.05, 4.69) is 14.9 Å². The van der Waals surface area contributed by atoms with Crippen LogP contribution in [-0.4, -0.2) is 72.3 Å². The molecule has 2 N–H and O–H groups in total. The fourth-order valence-corrected chi connectivity index (χ4v) is 2.93. The third kappa shape index (κ3) is 4.87. The SMILES string of the molecule is COc1ccc(Cn2c(O)c(C=NCCN3CCOCC3)c(=O)[nH]c2=O)cc1. The molecule has 2 aromatic rings. The van der Waals surface area contributed by atoms with Crippen molar-refractivity contribution < 1.29 is 14.6 Å². The van der Waals surface area contributed by atoms with Crippen molar-refractivity contribution in [3.63, 3.8) is 0 Å². The van der Waals surface area contributed by atoms with E-state index in [1.165, 1.54) is 6.21 Å². The molecule has 9 nitrogen and oxygen atoms in total. The molecule has 1 aromatic heterocycles. The summed E-state index contributed by atoms with van der Waals surface area (Å²) < 4.78 is 11.5. The molecule has 1 aromatic carbocycles. The van der Waals surface area contributed by atoms with Gasteiger partial charge in [-0.3, -0.25) is 24.2 Å². The molecule has 1 aliphatic rings. The summed E-state index contributed by atoms with van der Waals surface area (Å²) in [4.78, 5) is 32.9. The molecule has 0 aliphatic carbocycles. The van der Waals surface area contributed by atoms with Crippen LogP contribution in [0.15, 0.2) is 38.8 Å². The molecular formula is C19H24N4O5. The Hall–Kier alpha value is -2.91. The van der Waals surface area contributed by atoms with Gasteiger partial charge in [-0.2, -0.15) is 0 Å². The van der Waals surface area contributed by atoms with E-state index in [9.17, 15) is 14.7 Å². The summed E-state index contributed by atoms with van der Waals surface area (Å²) in [7, 11) is 1.57. The lowest BCUT2D eigenvalue weighted by molar-refractivity contribution is 0.0395. The number of nitrogens with one attached hydrogen (secondary N) is 1. The van der Waals surface area contributed by atoms with Gasteiger partial charge in [-0.25, -0.2) is 4.79 Å². The maximum Gasteiger partial charge on any atom is 0.331 e. The van der Waals surface area contributed by atoms with Crippen molar-refractivity contribution in [1.82, 2.24) is 14.5 Å². The minimum atomic E-state index is -0.677. The number of nitrogens with zero attached hydrogens (tertiary/aromatic N) is 3. The van der Waals surface area contributed by atoms with Crippen molar-refractivity contribution in [1.29, 1.82) is 0 Å². The first-order valence-electron chi connectivity index (χ1n) is 9.07. The van der Waals surface area contributed by atoms with Crippen LogP contribution in [0.5, 0.6) is 11.6 Å². The number of morpholine rings is 1. The number of aromatic nitrogens is 2. The first-order chi connectivity index (χ1) is 13.6. The monoisotopic (exact) mass is 388 g/mol. The quantitative estimate of drug-likeness (QED) is 0.649. The normalized spacial score (nSPS) is 15.2. The van der Waals surface area contributed by atoms with Gasteiger partial charge in [0, 0.05) is 25.8 Å². The van der Waals surface area contributed by atoms with E-state index in [1.54, 1.807) is 31.4 Å². The molecule has 0 atom stereocenters. The first kappa shape index (κ1) is 19.8. The molecular weight excluding hydrogens is 364 g/mol. The lowest BCUT2D eigenvalue weighted by Gasteiger charge is -2.25. The first-order valence-corrected chi connectivity index (χ1v) is 9.07.